The van der Waals surface area contributed by atoms with Crippen LogP contribution in [0.15, 0.2) is 0 Å². The summed E-state index contributed by atoms with van der Waals surface area (Å²) in [5.41, 5.74) is 8.21. The number of carbonyl (C=O) groups is 1. The maximum atomic E-state index is 11.2. The molecule has 0 aromatic carbocycles. The zero-order valence-corrected chi connectivity index (χ0v) is 10.7. The van der Waals surface area contributed by atoms with E-state index in [1.165, 1.54) is 64.2 Å². The largest absolute Gasteiger partial charge is 0.351 e. The van der Waals surface area contributed by atoms with Crippen molar-refractivity contribution in [1.82, 2.24) is 10.4 Å². The van der Waals surface area contributed by atoms with Gasteiger partial charge in [0, 0.05) is 12.1 Å². The van der Waals surface area contributed by atoms with Crippen LogP contribution in [0.25, 0.3) is 0 Å². The number of primary amides is 1. The molecule has 0 atom stereocenters. The molecule has 0 unspecified atom stereocenters. The number of rotatable bonds is 3. The van der Waals surface area contributed by atoms with Crippen molar-refractivity contribution >= 4 is 6.03 Å². The van der Waals surface area contributed by atoms with Crippen molar-refractivity contribution in [3.8, 4) is 0 Å². The number of nitrogens with one attached hydrogen (secondary N) is 1. The second-order valence-electron chi connectivity index (χ2n) is 5.47. The fourth-order valence-electron chi connectivity index (χ4n) is 3.33. The normalized spacial score (nSPS) is 23.8. The second kappa shape index (κ2) is 6.24. The van der Waals surface area contributed by atoms with E-state index in [0.717, 1.165) is 0 Å². The molecule has 0 aliphatic heterocycles. The predicted octanol–water partition coefficient (Wildman–Crippen LogP) is 2.54. The summed E-state index contributed by atoms with van der Waals surface area (Å²) in [4.78, 5) is 11.2. The Morgan fingerprint density at radius 3 is 1.65 bits per heavy atom. The number of hydrogen-bond donors (Lipinski definition) is 2. The first-order valence-corrected chi connectivity index (χ1v) is 7.12. The number of nitrogens with two attached hydrogens (primary N) is 1. The SMILES string of the molecule is NC(=O)NN(C1CCCCC1)C1CCCCC1. The first-order valence-electron chi connectivity index (χ1n) is 7.12. The average molecular weight is 239 g/mol. The smallest absolute Gasteiger partial charge is 0.326 e. The van der Waals surface area contributed by atoms with Crippen LogP contribution in [0.5, 0.6) is 0 Å². The number of carbonyl (C=O) groups excluding carboxylic acids is 1. The minimum atomic E-state index is -0.402. The Hall–Kier alpha value is -0.770. The van der Waals surface area contributed by atoms with Crippen LogP contribution in [0.4, 0.5) is 4.79 Å². The van der Waals surface area contributed by atoms with E-state index in [2.05, 4.69) is 10.4 Å². The maximum absolute atomic E-state index is 11.2. The highest BCUT2D eigenvalue weighted by Gasteiger charge is 2.29. The van der Waals surface area contributed by atoms with Gasteiger partial charge in [-0.25, -0.2) is 9.80 Å². The van der Waals surface area contributed by atoms with Crippen molar-refractivity contribution in [2.24, 2.45) is 5.73 Å². The van der Waals surface area contributed by atoms with Gasteiger partial charge in [-0.2, -0.15) is 0 Å². The zero-order valence-electron chi connectivity index (χ0n) is 10.7. The molecule has 2 amide bonds. The highest BCUT2D eigenvalue weighted by molar-refractivity contribution is 5.71. The van der Waals surface area contributed by atoms with Crippen molar-refractivity contribution in [2.75, 3.05) is 0 Å². The lowest BCUT2D eigenvalue weighted by atomic mass is 9.90. The summed E-state index contributed by atoms with van der Waals surface area (Å²) < 4.78 is 0. The minimum Gasteiger partial charge on any atom is -0.351 e. The molecule has 3 N–H and O–H groups in total. The average Bonchev–Trinajstić information content (AvgIpc) is 2.38. The number of hydrogen-bond acceptors (Lipinski definition) is 2. The number of amides is 2. The number of urea groups is 1. The third kappa shape index (κ3) is 3.60. The van der Waals surface area contributed by atoms with E-state index in [4.69, 9.17) is 5.73 Å². The molecule has 0 aromatic heterocycles. The van der Waals surface area contributed by atoms with E-state index in [9.17, 15) is 4.79 Å². The van der Waals surface area contributed by atoms with Gasteiger partial charge in [0.25, 0.3) is 0 Å². The van der Waals surface area contributed by atoms with Crippen molar-refractivity contribution in [3.05, 3.63) is 0 Å². The third-order valence-corrected chi connectivity index (χ3v) is 4.18. The molecule has 2 aliphatic carbocycles. The molecule has 2 saturated carbocycles. The first-order chi connectivity index (χ1) is 8.27. The van der Waals surface area contributed by atoms with Gasteiger partial charge >= 0.3 is 6.03 Å². The predicted molar refractivity (Wildman–Crippen MR) is 68.3 cm³/mol. The molecule has 2 rings (SSSR count). The molecule has 17 heavy (non-hydrogen) atoms. The van der Waals surface area contributed by atoms with Crippen LogP contribution in [0, 0.1) is 0 Å². The van der Waals surface area contributed by atoms with Crippen LogP contribution in [0.3, 0.4) is 0 Å². The molecular weight excluding hydrogens is 214 g/mol. The molecule has 0 radical (unpaired) electrons. The Morgan fingerprint density at radius 2 is 1.29 bits per heavy atom. The van der Waals surface area contributed by atoms with E-state index in [1.54, 1.807) is 0 Å². The summed E-state index contributed by atoms with van der Waals surface area (Å²) in [7, 11) is 0. The molecule has 0 heterocycles. The van der Waals surface area contributed by atoms with Crippen LogP contribution in [0.1, 0.15) is 64.2 Å². The van der Waals surface area contributed by atoms with Gasteiger partial charge in [-0.05, 0) is 25.7 Å². The fraction of sp³-hybridized carbons (Fsp3) is 0.923. The van der Waals surface area contributed by atoms with Crippen LogP contribution in [0.2, 0.25) is 0 Å². The Bertz CT molecular complexity index is 227. The van der Waals surface area contributed by atoms with Crippen LogP contribution >= 0.6 is 0 Å². The van der Waals surface area contributed by atoms with Gasteiger partial charge < -0.3 is 5.73 Å². The maximum Gasteiger partial charge on any atom is 0.326 e. The highest BCUT2D eigenvalue weighted by Crippen LogP contribution is 2.28. The molecule has 2 fully saturated rings. The molecule has 0 bridgehead atoms. The van der Waals surface area contributed by atoms with Gasteiger partial charge in [0.05, 0.1) is 0 Å². The van der Waals surface area contributed by atoms with E-state index in [0.29, 0.717) is 12.1 Å². The standard InChI is InChI=1S/C13H25N3O/c14-13(17)15-16(11-7-3-1-4-8-11)12-9-5-2-6-10-12/h11-12H,1-10H2,(H3,14,15,17). The molecule has 2 aliphatic rings. The minimum absolute atomic E-state index is 0.402. The van der Waals surface area contributed by atoms with Gasteiger partial charge in [0.2, 0.25) is 0 Å². The summed E-state index contributed by atoms with van der Waals surface area (Å²) >= 11 is 0. The molecule has 4 nitrogen and oxygen atoms in total. The number of hydrazine groups is 1. The molecular formula is C13H25N3O. The van der Waals surface area contributed by atoms with Gasteiger partial charge in [-0.15, -0.1) is 0 Å². The van der Waals surface area contributed by atoms with Crippen molar-refractivity contribution in [2.45, 2.75) is 76.3 Å². The van der Waals surface area contributed by atoms with E-state index in [-0.39, 0.29) is 0 Å². The topological polar surface area (TPSA) is 58.4 Å². The van der Waals surface area contributed by atoms with Gasteiger partial charge in [0.15, 0.2) is 0 Å². The Kier molecular flexibility index (Phi) is 4.66. The van der Waals surface area contributed by atoms with Crippen molar-refractivity contribution < 1.29 is 4.79 Å². The Labute approximate surface area is 104 Å². The summed E-state index contributed by atoms with van der Waals surface area (Å²) in [6.45, 7) is 0. The van der Waals surface area contributed by atoms with Crippen LogP contribution in [-0.4, -0.2) is 23.1 Å². The Balaban J connectivity index is 1.97. The summed E-state index contributed by atoms with van der Waals surface area (Å²) in [5.74, 6) is 0. The second-order valence-corrected chi connectivity index (χ2v) is 5.47. The van der Waals surface area contributed by atoms with E-state index in [1.807, 2.05) is 0 Å². The van der Waals surface area contributed by atoms with E-state index >= 15 is 0 Å². The fourth-order valence-corrected chi connectivity index (χ4v) is 3.33. The lowest BCUT2D eigenvalue weighted by molar-refractivity contribution is 0.0437. The lowest BCUT2D eigenvalue weighted by Crippen LogP contribution is -2.56. The van der Waals surface area contributed by atoms with Gasteiger partial charge in [-0.3, -0.25) is 5.43 Å². The lowest BCUT2D eigenvalue weighted by Gasteiger charge is -2.41. The van der Waals surface area contributed by atoms with Gasteiger partial charge in [0.1, 0.15) is 0 Å². The summed E-state index contributed by atoms with van der Waals surface area (Å²) in [6.07, 6.45) is 12.6. The Morgan fingerprint density at radius 1 is 0.882 bits per heavy atom. The van der Waals surface area contributed by atoms with Crippen molar-refractivity contribution in [3.63, 3.8) is 0 Å². The molecule has 0 saturated heterocycles. The summed E-state index contributed by atoms with van der Waals surface area (Å²) in [6, 6.07) is 0.625. The highest BCUT2D eigenvalue weighted by atomic mass is 16.2. The quantitative estimate of drug-likeness (QED) is 0.744. The van der Waals surface area contributed by atoms with Gasteiger partial charge in [-0.1, -0.05) is 38.5 Å². The van der Waals surface area contributed by atoms with E-state index < -0.39 is 6.03 Å². The first kappa shape index (κ1) is 12.7. The number of nitrogens with zero attached hydrogens (tertiary/aromatic N) is 1. The van der Waals surface area contributed by atoms with Crippen LogP contribution in [-0.2, 0) is 0 Å². The third-order valence-electron chi connectivity index (χ3n) is 4.18. The molecule has 0 spiro atoms. The summed E-state index contributed by atoms with van der Waals surface area (Å²) in [5, 5.41) is 2.20. The zero-order chi connectivity index (χ0) is 12.1. The van der Waals surface area contributed by atoms with Crippen LogP contribution < -0.4 is 11.2 Å². The molecule has 4 heteroatoms. The molecule has 98 valence electrons. The molecule has 0 aromatic rings. The van der Waals surface area contributed by atoms with Crippen molar-refractivity contribution in [1.29, 1.82) is 0 Å². The monoisotopic (exact) mass is 239 g/mol.